The van der Waals surface area contributed by atoms with Crippen LogP contribution in [0, 0.1) is 5.92 Å². The third-order valence-corrected chi connectivity index (χ3v) is 2.27. The van der Waals surface area contributed by atoms with Crippen LogP contribution in [0.5, 0.6) is 0 Å². The maximum absolute atomic E-state index is 10.5. The predicted octanol–water partition coefficient (Wildman–Crippen LogP) is 0.939. The van der Waals surface area contributed by atoms with Crippen molar-refractivity contribution in [1.82, 2.24) is 5.32 Å². The normalized spacial score (nSPS) is 19.1. The summed E-state index contributed by atoms with van der Waals surface area (Å²) in [5.74, 6) is 0.827. The van der Waals surface area contributed by atoms with E-state index in [0.717, 1.165) is 44.9 Å². The lowest BCUT2D eigenvalue weighted by molar-refractivity contribution is -0.119. The van der Waals surface area contributed by atoms with Gasteiger partial charge in [-0.1, -0.05) is 0 Å². The monoisotopic (exact) mass is 171 g/mol. The fourth-order valence-electron chi connectivity index (χ4n) is 1.49. The zero-order valence-electron chi connectivity index (χ0n) is 7.64. The summed E-state index contributed by atoms with van der Waals surface area (Å²) >= 11 is 0. The largest absolute Gasteiger partial charge is 0.381 e. The molecule has 0 bridgehead atoms. The smallest absolute Gasteiger partial charge is 0.216 e. The lowest BCUT2D eigenvalue weighted by atomic mass is 9.97. The van der Waals surface area contributed by atoms with Crippen molar-refractivity contribution in [3.8, 4) is 0 Å². The molecular formula is C9H17NO2. The molecule has 1 N–H and O–H groups in total. The number of rotatable bonds is 3. The molecule has 0 saturated carbocycles. The maximum Gasteiger partial charge on any atom is 0.216 e. The number of amides is 1. The number of hydrogen-bond acceptors (Lipinski definition) is 2. The van der Waals surface area contributed by atoms with Gasteiger partial charge in [0.1, 0.15) is 0 Å². The highest BCUT2D eigenvalue weighted by Gasteiger charge is 2.12. The van der Waals surface area contributed by atoms with Crippen molar-refractivity contribution in [3.63, 3.8) is 0 Å². The summed E-state index contributed by atoms with van der Waals surface area (Å²) in [6.45, 7) is 4.17. The number of hydrogen-bond donors (Lipinski definition) is 1. The van der Waals surface area contributed by atoms with Crippen molar-refractivity contribution >= 4 is 5.91 Å². The molecule has 1 amide bonds. The molecule has 0 aromatic carbocycles. The van der Waals surface area contributed by atoms with Crippen molar-refractivity contribution in [2.75, 3.05) is 19.8 Å². The molecule has 0 radical (unpaired) electrons. The molecule has 1 rings (SSSR count). The van der Waals surface area contributed by atoms with Gasteiger partial charge in [0.05, 0.1) is 0 Å². The van der Waals surface area contributed by atoms with Gasteiger partial charge in [0.25, 0.3) is 0 Å². The molecule has 0 aromatic rings. The fraction of sp³-hybridized carbons (Fsp3) is 0.889. The first-order valence-corrected chi connectivity index (χ1v) is 4.61. The molecule has 0 unspecified atom stereocenters. The summed E-state index contributed by atoms with van der Waals surface area (Å²) in [5, 5.41) is 2.81. The first kappa shape index (κ1) is 9.52. The molecule has 0 atom stereocenters. The van der Waals surface area contributed by atoms with E-state index in [4.69, 9.17) is 4.74 Å². The van der Waals surface area contributed by atoms with E-state index in [9.17, 15) is 4.79 Å². The average Bonchev–Trinajstić information content (AvgIpc) is 2.05. The highest BCUT2D eigenvalue weighted by Crippen LogP contribution is 2.17. The molecule has 3 nitrogen and oxygen atoms in total. The van der Waals surface area contributed by atoms with E-state index in [1.165, 1.54) is 0 Å². The summed E-state index contributed by atoms with van der Waals surface area (Å²) in [6, 6.07) is 0. The lowest BCUT2D eigenvalue weighted by Gasteiger charge is -2.21. The van der Waals surface area contributed by atoms with E-state index in [1.807, 2.05) is 0 Å². The van der Waals surface area contributed by atoms with Crippen LogP contribution in [0.15, 0.2) is 0 Å². The second kappa shape index (κ2) is 5.14. The van der Waals surface area contributed by atoms with Crippen LogP contribution in [-0.2, 0) is 9.53 Å². The zero-order valence-corrected chi connectivity index (χ0v) is 7.64. The Balaban J connectivity index is 2.01. The molecule has 1 aliphatic heterocycles. The highest BCUT2D eigenvalue weighted by atomic mass is 16.5. The Morgan fingerprint density at radius 2 is 2.17 bits per heavy atom. The summed E-state index contributed by atoms with van der Waals surface area (Å²) < 4.78 is 5.24. The maximum atomic E-state index is 10.5. The van der Waals surface area contributed by atoms with Gasteiger partial charge in [0.2, 0.25) is 5.91 Å². The SMILES string of the molecule is CC(=O)NCCC1CCOCC1. The Kier molecular flexibility index (Phi) is 4.08. The molecule has 0 spiro atoms. The first-order valence-electron chi connectivity index (χ1n) is 4.61. The second-order valence-electron chi connectivity index (χ2n) is 3.33. The van der Waals surface area contributed by atoms with Gasteiger partial charge in [0.15, 0.2) is 0 Å². The quantitative estimate of drug-likeness (QED) is 0.686. The minimum absolute atomic E-state index is 0.0714. The molecular weight excluding hydrogens is 154 g/mol. The van der Waals surface area contributed by atoms with Crippen molar-refractivity contribution in [1.29, 1.82) is 0 Å². The van der Waals surface area contributed by atoms with Gasteiger partial charge in [-0.15, -0.1) is 0 Å². The Morgan fingerprint density at radius 1 is 1.50 bits per heavy atom. The molecule has 0 aliphatic carbocycles. The van der Waals surface area contributed by atoms with Crippen LogP contribution in [0.3, 0.4) is 0 Å². The van der Waals surface area contributed by atoms with E-state index in [2.05, 4.69) is 5.32 Å². The van der Waals surface area contributed by atoms with Crippen LogP contribution in [0.1, 0.15) is 26.2 Å². The van der Waals surface area contributed by atoms with Gasteiger partial charge in [-0.05, 0) is 25.2 Å². The number of carbonyl (C=O) groups is 1. The van der Waals surface area contributed by atoms with Crippen LogP contribution >= 0.6 is 0 Å². The number of nitrogens with one attached hydrogen (secondary N) is 1. The van der Waals surface area contributed by atoms with E-state index >= 15 is 0 Å². The van der Waals surface area contributed by atoms with Gasteiger partial charge < -0.3 is 10.1 Å². The zero-order chi connectivity index (χ0) is 8.81. The van der Waals surface area contributed by atoms with Gasteiger partial charge >= 0.3 is 0 Å². The van der Waals surface area contributed by atoms with Crippen LogP contribution in [0.25, 0.3) is 0 Å². The van der Waals surface area contributed by atoms with Crippen LogP contribution < -0.4 is 5.32 Å². The lowest BCUT2D eigenvalue weighted by Crippen LogP contribution is -2.25. The molecule has 1 fully saturated rings. The first-order chi connectivity index (χ1) is 5.79. The van der Waals surface area contributed by atoms with Crippen LogP contribution in [0.4, 0.5) is 0 Å². The summed E-state index contributed by atoms with van der Waals surface area (Å²) in [5.41, 5.74) is 0. The van der Waals surface area contributed by atoms with Crippen molar-refractivity contribution in [2.45, 2.75) is 26.2 Å². The van der Waals surface area contributed by atoms with Crippen LogP contribution in [0.2, 0.25) is 0 Å². The Labute approximate surface area is 73.5 Å². The molecule has 1 aliphatic rings. The van der Waals surface area contributed by atoms with Gasteiger partial charge in [0, 0.05) is 26.7 Å². The minimum Gasteiger partial charge on any atom is -0.381 e. The van der Waals surface area contributed by atoms with E-state index in [0.29, 0.717) is 0 Å². The van der Waals surface area contributed by atoms with E-state index in [1.54, 1.807) is 6.92 Å². The van der Waals surface area contributed by atoms with Crippen LogP contribution in [-0.4, -0.2) is 25.7 Å². The third-order valence-electron chi connectivity index (χ3n) is 2.27. The summed E-state index contributed by atoms with van der Waals surface area (Å²) in [7, 11) is 0. The Bertz CT molecular complexity index is 141. The molecule has 0 aromatic heterocycles. The van der Waals surface area contributed by atoms with Gasteiger partial charge in [-0.3, -0.25) is 4.79 Å². The summed E-state index contributed by atoms with van der Waals surface area (Å²) in [6.07, 6.45) is 3.40. The number of carbonyl (C=O) groups excluding carboxylic acids is 1. The average molecular weight is 171 g/mol. The van der Waals surface area contributed by atoms with Crippen molar-refractivity contribution in [2.24, 2.45) is 5.92 Å². The van der Waals surface area contributed by atoms with Crippen molar-refractivity contribution < 1.29 is 9.53 Å². The predicted molar refractivity (Wildman–Crippen MR) is 46.8 cm³/mol. The topological polar surface area (TPSA) is 38.3 Å². The minimum atomic E-state index is 0.0714. The summed E-state index contributed by atoms with van der Waals surface area (Å²) in [4.78, 5) is 10.5. The molecule has 70 valence electrons. The molecule has 1 heterocycles. The Hall–Kier alpha value is -0.570. The van der Waals surface area contributed by atoms with Crippen molar-refractivity contribution in [3.05, 3.63) is 0 Å². The Morgan fingerprint density at radius 3 is 2.75 bits per heavy atom. The third kappa shape index (κ3) is 3.72. The second-order valence-corrected chi connectivity index (χ2v) is 3.33. The van der Waals surface area contributed by atoms with Gasteiger partial charge in [-0.2, -0.15) is 0 Å². The molecule has 1 saturated heterocycles. The van der Waals surface area contributed by atoms with E-state index < -0.39 is 0 Å². The fourth-order valence-corrected chi connectivity index (χ4v) is 1.49. The highest BCUT2D eigenvalue weighted by molar-refractivity contribution is 5.72. The van der Waals surface area contributed by atoms with E-state index in [-0.39, 0.29) is 5.91 Å². The molecule has 12 heavy (non-hydrogen) atoms. The van der Waals surface area contributed by atoms with Gasteiger partial charge in [-0.25, -0.2) is 0 Å². The number of ether oxygens (including phenoxy) is 1. The standard InChI is InChI=1S/C9H17NO2/c1-8(11)10-5-2-9-3-6-12-7-4-9/h9H,2-7H2,1H3,(H,10,11). The molecule has 3 heteroatoms.